The molecule has 1 saturated heterocycles. The van der Waals surface area contributed by atoms with Crippen LogP contribution in [0.1, 0.15) is 35.4 Å². The molecule has 1 saturated carbocycles. The Morgan fingerprint density at radius 3 is 2.22 bits per heavy atom. The molecule has 0 spiro atoms. The summed E-state index contributed by atoms with van der Waals surface area (Å²) in [6.45, 7) is 0. The van der Waals surface area contributed by atoms with Gasteiger partial charge in [0.05, 0.1) is 17.3 Å². The number of hydrogen-bond acceptors (Lipinski definition) is 5. The van der Waals surface area contributed by atoms with Crippen LogP contribution in [-0.2, 0) is 24.6 Å². The lowest BCUT2D eigenvalue weighted by Gasteiger charge is -2.55. The van der Waals surface area contributed by atoms with E-state index in [0.717, 1.165) is 16.3 Å². The summed E-state index contributed by atoms with van der Waals surface area (Å²) >= 11 is 0. The van der Waals surface area contributed by atoms with Crippen molar-refractivity contribution in [3.05, 3.63) is 131 Å². The highest BCUT2D eigenvalue weighted by atomic mass is 16.3. The molecule has 6 nitrogen and oxygen atoms in total. The van der Waals surface area contributed by atoms with Crippen molar-refractivity contribution in [2.24, 2.45) is 23.7 Å². The second-order valence-corrected chi connectivity index (χ2v) is 12.7. The molecule has 2 fully saturated rings. The van der Waals surface area contributed by atoms with Gasteiger partial charge in [0.1, 0.15) is 5.75 Å². The third kappa shape index (κ3) is 3.68. The van der Waals surface area contributed by atoms with Crippen molar-refractivity contribution in [1.82, 2.24) is 4.90 Å². The van der Waals surface area contributed by atoms with Gasteiger partial charge in [-0.05, 0) is 52.8 Å². The second-order valence-electron chi connectivity index (χ2n) is 12.7. The SMILES string of the molecule is CN1C(=O)[C@H]2[C@H](CC=C3[C@H]2C[C@H]2C(=O)C(c4ccccc4)=CC(=O)[C@@]2(c2ccccc2)[C@H]3c2c(O)ccc3ccccc23)C1=O. The number of hydrogen-bond donors (Lipinski definition) is 1. The molecule has 0 radical (unpaired) electrons. The number of phenolic OH excluding ortho intramolecular Hbond substituents is 1. The van der Waals surface area contributed by atoms with Crippen molar-refractivity contribution in [2.75, 3.05) is 7.05 Å². The van der Waals surface area contributed by atoms with Gasteiger partial charge >= 0.3 is 0 Å². The highest BCUT2D eigenvalue weighted by molar-refractivity contribution is 6.31. The maximum absolute atomic E-state index is 15.1. The molecule has 6 atom stereocenters. The molecule has 4 aromatic rings. The van der Waals surface area contributed by atoms with Gasteiger partial charge in [0.25, 0.3) is 0 Å². The van der Waals surface area contributed by atoms with Crippen molar-refractivity contribution < 1.29 is 24.3 Å². The Labute approximate surface area is 260 Å². The van der Waals surface area contributed by atoms with Crippen LogP contribution in [0.5, 0.6) is 5.75 Å². The maximum atomic E-state index is 15.1. The molecule has 4 aliphatic rings. The molecule has 1 heterocycles. The summed E-state index contributed by atoms with van der Waals surface area (Å²) < 4.78 is 0. The fourth-order valence-corrected chi connectivity index (χ4v) is 8.93. The standard InChI is InChI=1S/C39H31NO5/c1-40-37(44)27-18-17-26-29(33(27)38(40)45)20-30-36(43)28(22-10-4-2-5-11-22)21-32(42)39(30,24-13-6-3-7-14-24)35(26)34-25-15-9-8-12-23(25)16-19-31(34)41/h2-17,19,21,27,29-30,33,35,41H,18,20H2,1H3/t27-,29+,30-,33-,35+,39-/m0/s1. The third-order valence-electron chi connectivity index (χ3n) is 10.8. The van der Waals surface area contributed by atoms with Gasteiger partial charge in [-0.3, -0.25) is 24.1 Å². The Morgan fingerprint density at radius 1 is 0.778 bits per heavy atom. The molecule has 1 N–H and O–H groups in total. The van der Waals surface area contributed by atoms with Crippen LogP contribution < -0.4 is 0 Å². The van der Waals surface area contributed by atoms with Crippen molar-refractivity contribution in [2.45, 2.75) is 24.2 Å². The average molecular weight is 594 g/mol. The number of rotatable bonds is 3. The first-order valence-electron chi connectivity index (χ1n) is 15.5. The number of aromatic hydroxyl groups is 1. The number of carbonyl (C=O) groups is 4. The summed E-state index contributed by atoms with van der Waals surface area (Å²) in [5.74, 6) is -4.00. The summed E-state index contributed by atoms with van der Waals surface area (Å²) in [7, 11) is 1.53. The number of phenols is 1. The topological polar surface area (TPSA) is 91.8 Å². The number of amides is 2. The molecular weight excluding hydrogens is 562 g/mol. The molecule has 45 heavy (non-hydrogen) atoms. The zero-order chi connectivity index (χ0) is 31.0. The monoisotopic (exact) mass is 593 g/mol. The Kier molecular flexibility index (Phi) is 6.08. The van der Waals surface area contributed by atoms with Crippen molar-refractivity contribution in [3.63, 3.8) is 0 Å². The third-order valence-corrected chi connectivity index (χ3v) is 10.8. The molecule has 0 bridgehead atoms. The van der Waals surface area contributed by atoms with E-state index in [2.05, 4.69) is 0 Å². The van der Waals surface area contributed by atoms with Crippen LogP contribution in [-0.4, -0.2) is 40.4 Å². The summed E-state index contributed by atoms with van der Waals surface area (Å²) in [5.41, 5.74) is 1.74. The van der Waals surface area contributed by atoms with Crippen LogP contribution in [0.15, 0.2) is 115 Å². The average Bonchev–Trinajstić information content (AvgIpc) is 3.30. The summed E-state index contributed by atoms with van der Waals surface area (Å²) in [4.78, 5) is 58.2. The van der Waals surface area contributed by atoms with Crippen LogP contribution in [0.4, 0.5) is 0 Å². The predicted octanol–water partition coefficient (Wildman–Crippen LogP) is 6.00. The molecule has 0 aromatic heterocycles. The van der Waals surface area contributed by atoms with E-state index in [1.165, 1.54) is 18.0 Å². The number of fused-ring (bicyclic) bond motifs is 5. The molecule has 222 valence electrons. The molecule has 0 unspecified atom stereocenters. The normalized spacial score (nSPS) is 29.2. The van der Waals surface area contributed by atoms with E-state index in [0.29, 0.717) is 28.7 Å². The lowest BCUT2D eigenvalue weighted by atomic mass is 9.44. The first-order valence-corrected chi connectivity index (χ1v) is 15.5. The number of likely N-dealkylation sites (tertiary alicyclic amines) is 1. The minimum absolute atomic E-state index is 0.0282. The molecule has 8 rings (SSSR count). The summed E-state index contributed by atoms with van der Waals surface area (Å²) in [5, 5.41) is 13.4. The number of Topliss-reactive ketones (excluding diaryl/α,β-unsaturated/α-hetero) is 1. The van der Waals surface area contributed by atoms with Gasteiger partial charge in [0.15, 0.2) is 11.6 Å². The zero-order valence-corrected chi connectivity index (χ0v) is 24.7. The molecule has 3 aliphatic carbocycles. The van der Waals surface area contributed by atoms with Gasteiger partial charge in [0.2, 0.25) is 11.8 Å². The van der Waals surface area contributed by atoms with E-state index in [1.807, 2.05) is 97.1 Å². The Hall–Kier alpha value is -5.10. The van der Waals surface area contributed by atoms with Gasteiger partial charge in [-0.2, -0.15) is 0 Å². The first kappa shape index (κ1) is 27.4. The lowest BCUT2D eigenvalue weighted by molar-refractivity contribution is -0.139. The molecule has 2 amide bonds. The smallest absolute Gasteiger partial charge is 0.233 e. The van der Waals surface area contributed by atoms with Crippen LogP contribution in [0.25, 0.3) is 16.3 Å². The Bertz CT molecular complexity index is 1990. The first-order chi connectivity index (χ1) is 21.8. The van der Waals surface area contributed by atoms with Crippen molar-refractivity contribution in [3.8, 4) is 5.75 Å². The number of imide groups is 1. The van der Waals surface area contributed by atoms with Crippen LogP contribution in [0.3, 0.4) is 0 Å². The summed E-state index contributed by atoms with van der Waals surface area (Å²) in [6.07, 6.45) is 4.12. The van der Waals surface area contributed by atoms with E-state index < -0.39 is 35.0 Å². The van der Waals surface area contributed by atoms with E-state index >= 15 is 4.79 Å². The minimum atomic E-state index is -1.38. The van der Waals surface area contributed by atoms with Gasteiger partial charge in [-0.1, -0.05) is 103 Å². The van der Waals surface area contributed by atoms with Gasteiger partial charge in [-0.25, -0.2) is 0 Å². The van der Waals surface area contributed by atoms with Crippen LogP contribution in [0, 0.1) is 23.7 Å². The second kappa shape index (κ2) is 9.96. The van der Waals surface area contributed by atoms with E-state index in [4.69, 9.17) is 0 Å². The van der Waals surface area contributed by atoms with Crippen LogP contribution >= 0.6 is 0 Å². The van der Waals surface area contributed by atoms with Gasteiger partial charge in [-0.15, -0.1) is 0 Å². The van der Waals surface area contributed by atoms with Gasteiger partial charge in [0, 0.05) is 30.0 Å². The van der Waals surface area contributed by atoms with E-state index in [-0.39, 0.29) is 35.6 Å². The van der Waals surface area contributed by atoms with E-state index in [1.54, 1.807) is 6.07 Å². The zero-order valence-electron chi connectivity index (χ0n) is 24.7. The number of ketones is 2. The van der Waals surface area contributed by atoms with Gasteiger partial charge < -0.3 is 5.11 Å². The fourth-order valence-electron chi connectivity index (χ4n) is 8.93. The van der Waals surface area contributed by atoms with E-state index in [9.17, 15) is 19.5 Å². The lowest BCUT2D eigenvalue weighted by Crippen LogP contribution is -2.58. The Balaban J connectivity index is 1.47. The van der Waals surface area contributed by atoms with Crippen molar-refractivity contribution in [1.29, 1.82) is 0 Å². The molecule has 6 heteroatoms. The number of nitrogens with zero attached hydrogens (tertiary/aromatic N) is 1. The molecule has 4 aromatic carbocycles. The highest BCUT2D eigenvalue weighted by Gasteiger charge is 2.66. The Morgan fingerprint density at radius 2 is 1.47 bits per heavy atom. The summed E-state index contributed by atoms with van der Waals surface area (Å²) in [6, 6.07) is 29.9. The minimum Gasteiger partial charge on any atom is -0.508 e. The quantitative estimate of drug-likeness (QED) is 0.232. The molecular formula is C39H31NO5. The fraction of sp³-hybridized carbons (Fsp3) is 0.231. The number of carbonyl (C=O) groups excluding carboxylic acids is 4. The largest absolute Gasteiger partial charge is 0.508 e. The number of benzene rings is 4. The number of allylic oxidation sites excluding steroid dienone is 4. The molecule has 1 aliphatic heterocycles. The van der Waals surface area contributed by atoms with Crippen molar-refractivity contribution >= 4 is 39.7 Å². The predicted molar refractivity (Wildman–Crippen MR) is 170 cm³/mol. The maximum Gasteiger partial charge on any atom is 0.233 e. The highest BCUT2D eigenvalue weighted by Crippen LogP contribution is 2.65. The van der Waals surface area contributed by atoms with Crippen LogP contribution in [0.2, 0.25) is 0 Å².